The molecule has 1 heterocycles. The highest BCUT2D eigenvalue weighted by atomic mass is 35.5. The second-order valence-electron chi connectivity index (χ2n) is 6.06. The van der Waals surface area contributed by atoms with E-state index in [9.17, 15) is 17.6 Å². The van der Waals surface area contributed by atoms with Crippen LogP contribution in [0.15, 0.2) is 53.4 Å². The van der Waals surface area contributed by atoms with E-state index in [1.54, 1.807) is 24.3 Å². The minimum Gasteiger partial charge on any atom is -0.340 e. The summed E-state index contributed by atoms with van der Waals surface area (Å²) in [7, 11) is -3.78. The molecule has 27 heavy (non-hydrogen) atoms. The fourth-order valence-electron chi connectivity index (χ4n) is 2.72. The first kappa shape index (κ1) is 21.1. The van der Waals surface area contributed by atoms with E-state index in [0.717, 1.165) is 30.8 Å². The van der Waals surface area contributed by atoms with Crippen molar-refractivity contribution >= 4 is 34.0 Å². The number of hydrogen-bond donors (Lipinski definition) is 2. The van der Waals surface area contributed by atoms with E-state index >= 15 is 0 Å². The maximum Gasteiger partial charge on any atom is 0.261 e. The minimum atomic E-state index is -3.78. The molecule has 3 rings (SSSR count). The summed E-state index contributed by atoms with van der Waals surface area (Å²) >= 11 is 0. The van der Waals surface area contributed by atoms with Crippen LogP contribution in [0.5, 0.6) is 0 Å². The monoisotopic (exact) mass is 413 g/mol. The Labute approximate surface area is 164 Å². The van der Waals surface area contributed by atoms with Crippen LogP contribution in [0.25, 0.3) is 0 Å². The van der Waals surface area contributed by atoms with Gasteiger partial charge in [-0.25, -0.2) is 12.8 Å². The van der Waals surface area contributed by atoms with Gasteiger partial charge in [-0.1, -0.05) is 12.1 Å². The number of nitrogens with zero attached hydrogens (tertiary/aromatic N) is 1. The van der Waals surface area contributed by atoms with Crippen LogP contribution in [-0.4, -0.2) is 45.4 Å². The average molecular weight is 414 g/mol. The molecule has 0 aliphatic carbocycles. The highest BCUT2D eigenvalue weighted by molar-refractivity contribution is 7.92. The van der Waals surface area contributed by atoms with Gasteiger partial charge in [-0.2, -0.15) is 0 Å². The summed E-state index contributed by atoms with van der Waals surface area (Å²) in [6.07, 6.45) is 0.283. The number of sulfonamides is 1. The standard InChI is InChI=1S/C18H20FN3O3S.ClH/c19-15-3-7-17(8-4-15)26(24,25)21-16-5-1-14(2-6-16)13-18(23)22-11-9-20-10-12-22;/h1-8,20-21H,9-13H2;1H. The van der Waals surface area contributed by atoms with Crippen LogP contribution in [0.4, 0.5) is 10.1 Å². The zero-order chi connectivity index (χ0) is 18.6. The lowest BCUT2D eigenvalue weighted by Crippen LogP contribution is -2.46. The Bertz CT molecular complexity index is 868. The number of anilines is 1. The third-order valence-electron chi connectivity index (χ3n) is 4.16. The van der Waals surface area contributed by atoms with Crippen molar-refractivity contribution in [2.24, 2.45) is 0 Å². The van der Waals surface area contributed by atoms with Gasteiger partial charge < -0.3 is 10.2 Å². The normalized spacial score (nSPS) is 14.3. The quantitative estimate of drug-likeness (QED) is 0.786. The fraction of sp³-hybridized carbons (Fsp3) is 0.278. The van der Waals surface area contributed by atoms with Crippen molar-refractivity contribution in [1.82, 2.24) is 10.2 Å². The maximum atomic E-state index is 12.9. The summed E-state index contributed by atoms with van der Waals surface area (Å²) < 4.78 is 39.9. The molecule has 0 unspecified atom stereocenters. The van der Waals surface area contributed by atoms with Crippen LogP contribution in [0.2, 0.25) is 0 Å². The topological polar surface area (TPSA) is 78.5 Å². The van der Waals surface area contributed by atoms with E-state index in [1.165, 1.54) is 12.1 Å². The number of carbonyl (C=O) groups excluding carboxylic acids is 1. The molecule has 0 spiro atoms. The third kappa shape index (κ3) is 5.66. The van der Waals surface area contributed by atoms with Crippen molar-refractivity contribution in [1.29, 1.82) is 0 Å². The molecular formula is C18H21ClFN3O3S. The number of hydrogen-bond acceptors (Lipinski definition) is 4. The first-order valence-electron chi connectivity index (χ1n) is 8.30. The number of carbonyl (C=O) groups is 1. The van der Waals surface area contributed by atoms with Crippen LogP contribution in [0.3, 0.4) is 0 Å². The lowest BCUT2D eigenvalue weighted by molar-refractivity contribution is -0.131. The molecule has 2 aromatic carbocycles. The smallest absolute Gasteiger partial charge is 0.261 e. The molecule has 0 aromatic heterocycles. The largest absolute Gasteiger partial charge is 0.340 e. The Balaban J connectivity index is 0.00000261. The number of nitrogens with one attached hydrogen (secondary N) is 2. The van der Waals surface area contributed by atoms with Crippen molar-refractivity contribution < 1.29 is 17.6 Å². The van der Waals surface area contributed by atoms with Gasteiger partial charge in [0.1, 0.15) is 5.82 Å². The summed E-state index contributed by atoms with van der Waals surface area (Å²) in [4.78, 5) is 14.1. The van der Waals surface area contributed by atoms with Crippen molar-refractivity contribution in [3.05, 3.63) is 59.9 Å². The zero-order valence-electron chi connectivity index (χ0n) is 14.5. The SMILES string of the molecule is Cl.O=C(Cc1ccc(NS(=O)(=O)c2ccc(F)cc2)cc1)N1CCNCC1. The summed E-state index contributed by atoms with van der Waals surface area (Å²) in [6.45, 7) is 3.01. The van der Waals surface area contributed by atoms with Crippen LogP contribution < -0.4 is 10.0 Å². The van der Waals surface area contributed by atoms with Gasteiger partial charge in [0.2, 0.25) is 5.91 Å². The average Bonchev–Trinajstić information content (AvgIpc) is 2.64. The zero-order valence-corrected chi connectivity index (χ0v) is 16.2. The molecular weight excluding hydrogens is 393 g/mol. The number of piperazine rings is 1. The molecule has 0 bridgehead atoms. The van der Waals surface area contributed by atoms with Gasteiger partial charge in [0.15, 0.2) is 0 Å². The molecule has 1 fully saturated rings. The Morgan fingerprint density at radius 1 is 1.04 bits per heavy atom. The van der Waals surface area contributed by atoms with Gasteiger partial charge in [-0.05, 0) is 42.0 Å². The van der Waals surface area contributed by atoms with Gasteiger partial charge in [-0.15, -0.1) is 12.4 Å². The molecule has 6 nitrogen and oxygen atoms in total. The van der Waals surface area contributed by atoms with Crippen molar-refractivity contribution in [3.8, 4) is 0 Å². The van der Waals surface area contributed by atoms with Gasteiger partial charge in [0.25, 0.3) is 10.0 Å². The van der Waals surface area contributed by atoms with E-state index in [-0.39, 0.29) is 29.6 Å². The Morgan fingerprint density at radius 2 is 1.63 bits per heavy atom. The Morgan fingerprint density at radius 3 is 2.22 bits per heavy atom. The van der Waals surface area contributed by atoms with Crippen molar-refractivity contribution in [2.45, 2.75) is 11.3 Å². The molecule has 0 radical (unpaired) electrons. The Hall–Kier alpha value is -2.16. The minimum absolute atomic E-state index is 0. The number of benzene rings is 2. The second-order valence-corrected chi connectivity index (χ2v) is 7.75. The fourth-order valence-corrected chi connectivity index (χ4v) is 3.78. The summed E-state index contributed by atoms with van der Waals surface area (Å²) in [5, 5.41) is 3.20. The third-order valence-corrected chi connectivity index (χ3v) is 5.55. The lowest BCUT2D eigenvalue weighted by atomic mass is 10.1. The highest BCUT2D eigenvalue weighted by Gasteiger charge is 2.17. The molecule has 2 aromatic rings. The molecule has 0 saturated carbocycles. The predicted octanol–water partition coefficient (Wildman–Crippen LogP) is 2.02. The first-order chi connectivity index (χ1) is 12.4. The lowest BCUT2D eigenvalue weighted by Gasteiger charge is -2.27. The number of halogens is 2. The van der Waals surface area contributed by atoms with Crippen LogP contribution in [0, 0.1) is 5.82 Å². The summed E-state index contributed by atoms with van der Waals surface area (Å²) in [5.74, 6) is -0.436. The Kier molecular flexibility index (Phi) is 7.18. The maximum absolute atomic E-state index is 12.9. The molecule has 1 aliphatic rings. The van der Waals surface area contributed by atoms with E-state index in [1.807, 2.05) is 4.90 Å². The van der Waals surface area contributed by atoms with E-state index in [2.05, 4.69) is 10.0 Å². The number of amides is 1. The summed E-state index contributed by atoms with van der Waals surface area (Å²) in [6, 6.07) is 11.3. The molecule has 1 aliphatic heterocycles. The molecule has 2 N–H and O–H groups in total. The van der Waals surface area contributed by atoms with Gasteiger partial charge in [-0.3, -0.25) is 9.52 Å². The molecule has 1 amide bonds. The first-order valence-corrected chi connectivity index (χ1v) is 9.78. The van der Waals surface area contributed by atoms with E-state index < -0.39 is 15.8 Å². The van der Waals surface area contributed by atoms with Gasteiger partial charge in [0.05, 0.1) is 11.3 Å². The van der Waals surface area contributed by atoms with E-state index in [0.29, 0.717) is 18.8 Å². The van der Waals surface area contributed by atoms with Gasteiger partial charge in [0, 0.05) is 31.9 Å². The summed E-state index contributed by atoms with van der Waals surface area (Å²) in [5.41, 5.74) is 1.20. The van der Waals surface area contributed by atoms with Crippen molar-refractivity contribution in [3.63, 3.8) is 0 Å². The molecule has 0 atom stereocenters. The molecule has 9 heteroatoms. The molecule has 146 valence electrons. The second kappa shape index (κ2) is 9.16. The van der Waals surface area contributed by atoms with Gasteiger partial charge >= 0.3 is 0 Å². The highest BCUT2D eigenvalue weighted by Crippen LogP contribution is 2.17. The predicted molar refractivity (Wildman–Crippen MR) is 104 cm³/mol. The number of rotatable bonds is 5. The van der Waals surface area contributed by atoms with E-state index in [4.69, 9.17) is 0 Å². The van der Waals surface area contributed by atoms with Crippen LogP contribution >= 0.6 is 12.4 Å². The molecule has 1 saturated heterocycles. The van der Waals surface area contributed by atoms with Crippen LogP contribution in [-0.2, 0) is 21.2 Å². The van der Waals surface area contributed by atoms with Crippen molar-refractivity contribution in [2.75, 3.05) is 30.9 Å². The van der Waals surface area contributed by atoms with Crippen LogP contribution in [0.1, 0.15) is 5.56 Å².